The SMILES string of the molecule is C=CC(=O)N1CCN(c2nc(OC[C@@H]3CCCN3C)nc3c(F)c(-c4cccc5c4CCC5(C)C)ncc23)C[C@@H]1CC#N. The molecule has 1 aromatic carbocycles. The van der Waals surface area contributed by atoms with Crippen LogP contribution in [0, 0.1) is 17.1 Å². The van der Waals surface area contributed by atoms with Gasteiger partial charge in [-0.3, -0.25) is 9.78 Å². The summed E-state index contributed by atoms with van der Waals surface area (Å²) in [5, 5.41) is 9.96. The zero-order valence-corrected chi connectivity index (χ0v) is 25.1. The van der Waals surface area contributed by atoms with Crippen molar-refractivity contribution in [1.82, 2.24) is 24.8 Å². The Morgan fingerprint density at radius 1 is 1.26 bits per heavy atom. The number of anilines is 1. The van der Waals surface area contributed by atoms with Gasteiger partial charge in [-0.1, -0.05) is 38.6 Å². The zero-order valence-electron chi connectivity index (χ0n) is 25.1. The molecule has 1 aliphatic carbocycles. The molecule has 9 nitrogen and oxygen atoms in total. The van der Waals surface area contributed by atoms with E-state index >= 15 is 4.39 Å². The molecule has 2 aromatic heterocycles. The number of piperazine rings is 1. The van der Waals surface area contributed by atoms with Crippen LogP contribution in [0.1, 0.15) is 50.7 Å². The van der Waals surface area contributed by atoms with Crippen LogP contribution in [0.2, 0.25) is 0 Å². The molecular formula is C33H38FN7O2. The Morgan fingerprint density at radius 3 is 2.84 bits per heavy atom. The Bertz CT molecular complexity index is 1620. The van der Waals surface area contributed by atoms with Crippen molar-refractivity contribution < 1.29 is 13.9 Å². The Balaban J connectivity index is 1.43. The van der Waals surface area contributed by atoms with E-state index < -0.39 is 5.82 Å². The van der Waals surface area contributed by atoms with Crippen molar-refractivity contribution in [2.45, 2.75) is 63.5 Å². The number of aromatic nitrogens is 3. The average molecular weight is 584 g/mol. The standard InChI is InChI=1S/C33H38FN7O2/c1-5-27(42)41-17-16-40(19-21(41)12-14-35)31-25-18-36-29(24-9-6-10-26-23(24)11-13-33(26,2)3)28(34)30(25)37-32(38-31)43-20-22-8-7-15-39(22)4/h5-6,9-10,18,21-22H,1,7-8,11-13,15-17,19-20H2,2-4H3/t21-,22-/m0/s1. The highest BCUT2D eigenvalue weighted by Gasteiger charge is 2.34. The molecule has 224 valence electrons. The number of ether oxygens (including phenoxy) is 1. The number of halogens is 1. The number of benzene rings is 1. The van der Waals surface area contributed by atoms with Gasteiger partial charge in [-0.15, -0.1) is 0 Å². The third-order valence-electron chi connectivity index (χ3n) is 9.45. The second-order valence-corrected chi connectivity index (χ2v) is 12.5. The summed E-state index contributed by atoms with van der Waals surface area (Å²) < 4.78 is 22.8. The minimum atomic E-state index is -0.504. The first-order chi connectivity index (χ1) is 20.7. The maximum absolute atomic E-state index is 16.6. The minimum Gasteiger partial charge on any atom is -0.462 e. The average Bonchev–Trinajstić information content (AvgIpc) is 3.57. The first-order valence-electron chi connectivity index (χ1n) is 15.1. The summed E-state index contributed by atoms with van der Waals surface area (Å²) >= 11 is 0. The molecule has 0 N–H and O–H groups in total. The van der Waals surface area contributed by atoms with Crippen molar-refractivity contribution in [3.05, 3.63) is 54.0 Å². The lowest BCUT2D eigenvalue weighted by atomic mass is 9.86. The van der Waals surface area contributed by atoms with Crippen molar-refractivity contribution in [3.63, 3.8) is 0 Å². The smallest absolute Gasteiger partial charge is 0.319 e. The minimum absolute atomic E-state index is 0.0253. The quantitative estimate of drug-likeness (QED) is 0.371. The molecule has 0 saturated carbocycles. The van der Waals surface area contributed by atoms with Crippen molar-refractivity contribution in [2.75, 3.05) is 44.7 Å². The van der Waals surface area contributed by atoms with Crippen molar-refractivity contribution in [2.24, 2.45) is 0 Å². The highest BCUT2D eigenvalue weighted by molar-refractivity contribution is 5.93. The van der Waals surface area contributed by atoms with E-state index in [1.54, 1.807) is 11.1 Å². The highest BCUT2D eigenvalue weighted by Crippen LogP contribution is 2.43. The molecule has 0 radical (unpaired) electrons. The maximum Gasteiger partial charge on any atom is 0.319 e. The van der Waals surface area contributed by atoms with Gasteiger partial charge in [-0.25, -0.2) is 4.39 Å². The van der Waals surface area contributed by atoms with E-state index in [2.05, 4.69) is 54.5 Å². The summed E-state index contributed by atoms with van der Waals surface area (Å²) in [6.45, 7) is 10.7. The number of fused-ring (bicyclic) bond motifs is 2. The predicted octanol–water partition coefficient (Wildman–Crippen LogP) is 4.64. The van der Waals surface area contributed by atoms with E-state index in [4.69, 9.17) is 9.72 Å². The topological polar surface area (TPSA) is 98.5 Å². The fourth-order valence-electron chi connectivity index (χ4n) is 6.90. The second-order valence-electron chi connectivity index (χ2n) is 12.5. The Morgan fingerprint density at radius 2 is 2.09 bits per heavy atom. The van der Waals surface area contributed by atoms with Gasteiger partial charge in [-0.05, 0) is 61.9 Å². The van der Waals surface area contributed by atoms with E-state index in [1.165, 1.54) is 11.6 Å². The van der Waals surface area contributed by atoms with Crippen molar-refractivity contribution in [1.29, 1.82) is 5.26 Å². The van der Waals surface area contributed by atoms with Crippen LogP contribution in [0.15, 0.2) is 37.1 Å². The summed E-state index contributed by atoms with van der Waals surface area (Å²) in [5.74, 6) is -0.227. The molecule has 1 amide bonds. The Labute approximate surface area is 252 Å². The van der Waals surface area contributed by atoms with Gasteiger partial charge in [0.25, 0.3) is 0 Å². The summed E-state index contributed by atoms with van der Waals surface area (Å²) in [6.07, 6.45) is 7.06. The molecule has 6 rings (SSSR count). The molecule has 2 saturated heterocycles. The van der Waals surface area contributed by atoms with Gasteiger partial charge in [0, 0.05) is 37.4 Å². The molecule has 0 spiro atoms. The number of pyridine rings is 1. The van der Waals surface area contributed by atoms with Crippen LogP contribution >= 0.6 is 0 Å². The normalized spacial score (nSPS) is 21.6. The van der Waals surface area contributed by atoms with Crippen molar-refractivity contribution >= 4 is 22.6 Å². The number of nitrogens with zero attached hydrogens (tertiary/aromatic N) is 7. The second kappa shape index (κ2) is 11.5. The molecular weight excluding hydrogens is 545 g/mol. The van der Waals surface area contributed by atoms with Crippen LogP contribution in [0.3, 0.4) is 0 Å². The number of amides is 1. The largest absolute Gasteiger partial charge is 0.462 e. The number of nitriles is 1. The van der Waals surface area contributed by atoms with E-state index in [0.29, 0.717) is 37.4 Å². The van der Waals surface area contributed by atoms with Crippen LogP contribution in [0.4, 0.5) is 10.2 Å². The summed E-state index contributed by atoms with van der Waals surface area (Å²) in [5.41, 5.74) is 3.61. The molecule has 2 atom stereocenters. The lowest BCUT2D eigenvalue weighted by molar-refractivity contribution is -0.128. The Hall–Kier alpha value is -4.10. The van der Waals surface area contributed by atoms with E-state index in [1.807, 2.05) is 17.0 Å². The molecule has 43 heavy (non-hydrogen) atoms. The van der Waals surface area contributed by atoms with Gasteiger partial charge in [0.2, 0.25) is 5.91 Å². The van der Waals surface area contributed by atoms with Gasteiger partial charge >= 0.3 is 6.01 Å². The first kappa shape index (κ1) is 29.0. The van der Waals surface area contributed by atoms with Gasteiger partial charge in [0.05, 0.1) is 23.9 Å². The number of hydrogen-bond donors (Lipinski definition) is 0. The lowest BCUT2D eigenvalue weighted by Gasteiger charge is -2.41. The van der Waals surface area contributed by atoms with Gasteiger partial charge in [0.15, 0.2) is 5.82 Å². The number of rotatable bonds is 7. The fraction of sp³-hybridized carbons (Fsp3) is 0.485. The van der Waals surface area contributed by atoms with Gasteiger partial charge in [0.1, 0.15) is 23.6 Å². The molecule has 2 aliphatic heterocycles. The summed E-state index contributed by atoms with van der Waals surface area (Å²) in [6, 6.07) is 8.23. The molecule has 2 fully saturated rings. The number of hydrogen-bond acceptors (Lipinski definition) is 8. The molecule has 0 bridgehead atoms. The van der Waals surface area contributed by atoms with Crippen LogP contribution in [0.25, 0.3) is 22.2 Å². The number of carbonyl (C=O) groups excluding carboxylic acids is 1. The first-order valence-corrected chi connectivity index (χ1v) is 15.1. The van der Waals surface area contributed by atoms with Crippen LogP contribution in [-0.2, 0) is 16.6 Å². The molecule has 0 unspecified atom stereocenters. The predicted molar refractivity (Wildman–Crippen MR) is 163 cm³/mol. The van der Waals surface area contributed by atoms with Crippen LogP contribution in [-0.4, -0.2) is 82.6 Å². The molecule has 10 heteroatoms. The van der Waals surface area contributed by atoms with Crippen LogP contribution in [0.5, 0.6) is 6.01 Å². The molecule has 3 aromatic rings. The maximum atomic E-state index is 16.6. The highest BCUT2D eigenvalue weighted by atomic mass is 19.1. The summed E-state index contributed by atoms with van der Waals surface area (Å²) in [7, 11) is 2.07. The Kier molecular flexibility index (Phi) is 7.77. The summed E-state index contributed by atoms with van der Waals surface area (Å²) in [4.78, 5) is 32.5. The van der Waals surface area contributed by atoms with E-state index in [-0.39, 0.29) is 47.0 Å². The van der Waals surface area contributed by atoms with Crippen LogP contribution < -0.4 is 9.64 Å². The van der Waals surface area contributed by atoms with Gasteiger partial charge in [-0.2, -0.15) is 15.2 Å². The molecule has 4 heterocycles. The van der Waals surface area contributed by atoms with Gasteiger partial charge < -0.3 is 19.4 Å². The van der Waals surface area contributed by atoms with E-state index in [0.717, 1.165) is 43.4 Å². The monoisotopic (exact) mass is 583 g/mol. The van der Waals surface area contributed by atoms with Crippen molar-refractivity contribution in [3.8, 4) is 23.3 Å². The number of carbonyl (C=O) groups is 1. The molecule has 3 aliphatic rings. The lowest BCUT2D eigenvalue weighted by Crippen LogP contribution is -2.55. The number of likely N-dealkylation sites (N-methyl/N-ethyl adjacent to an activating group) is 1. The third kappa shape index (κ3) is 5.31. The third-order valence-corrected chi connectivity index (χ3v) is 9.45. The van der Waals surface area contributed by atoms with E-state index in [9.17, 15) is 10.1 Å². The number of likely N-dealkylation sites (tertiary alicyclic amines) is 1. The zero-order chi connectivity index (χ0) is 30.3. The fourth-order valence-corrected chi connectivity index (χ4v) is 6.90.